The molecule has 1 aliphatic rings. The molecule has 3 rings (SSSR count). The van der Waals surface area contributed by atoms with Crippen molar-refractivity contribution in [1.29, 1.82) is 0 Å². The Morgan fingerprint density at radius 2 is 2.00 bits per heavy atom. The van der Waals surface area contributed by atoms with Gasteiger partial charge in [-0.2, -0.15) is 0 Å². The largest absolute Gasteiger partial charge is 0.445 e. The molecule has 25 heavy (non-hydrogen) atoms. The maximum Gasteiger partial charge on any atom is 0.410 e. The van der Waals surface area contributed by atoms with Crippen LogP contribution in [0.5, 0.6) is 0 Å². The summed E-state index contributed by atoms with van der Waals surface area (Å²) in [6.45, 7) is 1.02. The van der Waals surface area contributed by atoms with Crippen LogP contribution in [0.2, 0.25) is 0 Å². The molecule has 0 saturated carbocycles. The first-order valence-corrected chi connectivity index (χ1v) is 8.76. The van der Waals surface area contributed by atoms with Crippen molar-refractivity contribution < 1.29 is 9.53 Å². The van der Waals surface area contributed by atoms with E-state index in [9.17, 15) is 4.79 Å². The number of nitrogens with zero attached hydrogens (tertiary/aromatic N) is 3. The van der Waals surface area contributed by atoms with E-state index in [-0.39, 0.29) is 12.1 Å². The number of hydrogen-bond donors (Lipinski definition) is 0. The third-order valence-corrected chi connectivity index (χ3v) is 4.54. The molecule has 1 atom stereocenters. The Labute approximate surface area is 149 Å². The summed E-state index contributed by atoms with van der Waals surface area (Å²) in [5.74, 6) is 0.912. The van der Waals surface area contributed by atoms with Crippen molar-refractivity contribution in [2.75, 3.05) is 25.5 Å². The van der Waals surface area contributed by atoms with Gasteiger partial charge in [0.2, 0.25) is 0 Å². The lowest BCUT2D eigenvalue weighted by Crippen LogP contribution is -2.39. The highest BCUT2D eigenvalue weighted by molar-refractivity contribution is 5.69. The van der Waals surface area contributed by atoms with Gasteiger partial charge in [-0.3, -0.25) is 0 Å². The molecule has 5 nitrogen and oxygen atoms in total. The predicted molar refractivity (Wildman–Crippen MR) is 98.5 cm³/mol. The monoisotopic (exact) mass is 339 g/mol. The molecule has 0 aliphatic carbocycles. The van der Waals surface area contributed by atoms with Crippen LogP contribution in [0.25, 0.3) is 0 Å². The third-order valence-electron chi connectivity index (χ3n) is 4.54. The quantitative estimate of drug-likeness (QED) is 0.844. The van der Waals surface area contributed by atoms with E-state index in [2.05, 4.69) is 11.1 Å². The van der Waals surface area contributed by atoms with E-state index in [1.165, 1.54) is 0 Å². The molecule has 1 aromatic carbocycles. The van der Waals surface area contributed by atoms with E-state index < -0.39 is 0 Å². The Bertz CT molecular complexity index is 703. The topological polar surface area (TPSA) is 45.7 Å². The summed E-state index contributed by atoms with van der Waals surface area (Å²) < 4.78 is 5.57. The fourth-order valence-corrected chi connectivity index (χ4v) is 3.32. The van der Waals surface area contributed by atoms with Crippen molar-refractivity contribution >= 4 is 11.9 Å². The van der Waals surface area contributed by atoms with E-state index >= 15 is 0 Å². The normalized spacial score (nSPS) is 17.2. The Hall–Kier alpha value is -2.56. The van der Waals surface area contributed by atoms with Crippen LogP contribution >= 0.6 is 0 Å². The van der Waals surface area contributed by atoms with Gasteiger partial charge in [0, 0.05) is 32.4 Å². The first kappa shape index (κ1) is 17.3. The van der Waals surface area contributed by atoms with Gasteiger partial charge in [-0.1, -0.05) is 36.4 Å². The summed E-state index contributed by atoms with van der Waals surface area (Å²) >= 11 is 0. The Morgan fingerprint density at radius 3 is 2.76 bits per heavy atom. The van der Waals surface area contributed by atoms with Crippen molar-refractivity contribution in [3.63, 3.8) is 0 Å². The summed E-state index contributed by atoms with van der Waals surface area (Å²) in [5, 5.41) is 0. The third kappa shape index (κ3) is 4.10. The Kier molecular flexibility index (Phi) is 5.53. The number of carbonyl (C=O) groups is 1. The lowest BCUT2D eigenvalue weighted by Gasteiger charge is -2.36. The molecule has 0 N–H and O–H groups in total. The summed E-state index contributed by atoms with van der Waals surface area (Å²) in [7, 11) is 3.96. The average molecular weight is 339 g/mol. The van der Waals surface area contributed by atoms with Crippen LogP contribution in [0.15, 0.2) is 48.7 Å². The van der Waals surface area contributed by atoms with Crippen LogP contribution in [0.3, 0.4) is 0 Å². The minimum Gasteiger partial charge on any atom is -0.445 e. The number of piperidine rings is 1. The Balaban J connectivity index is 1.76. The molecular weight excluding hydrogens is 314 g/mol. The lowest BCUT2D eigenvalue weighted by atomic mass is 9.96. The minimum atomic E-state index is -0.248. The summed E-state index contributed by atoms with van der Waals surface area (Å²) in [6, 6.07) is 13.8. The first-order chi connectivity index (χ1) is 12.2. The zero-order valence-corrected chi connectivity index (χ0v) is 14.9. The maximum atomic E-state index is 12.7. The minimum absolute atomic E-state index is 0.0168. The van der Waals surface area contributed by atoms with Crippen molar-refractivity contribution in [1.82, 2.24) is 9.88 Å². The highest BCUT2D eigenvalue weighted by Crippen LogP contribution is 2.35. The van der Waals surface area contributed by atoms with Crippen LogP contribution in [0.1, 0.15) is 36.4 Å². The van der Waals surface area contributed by atoms with Crippen LogP contribution in [-0.4, -0.2) is 36.6 Å². The van der Waals surface area contributed by atoms with Gasteiger partial charge in [0.1, 0.15) is 12.4 Å². The molecule has 1 fully saturated rings. The van der Waals surface area contributed by atoms with Crippen LogP contribution in [-0.2, 0) is 11.3 Å². The van der Waals surface area contributed by atoms with E-state index in [1.54, 1.807) is 6.20 Å². The van der Waals surface area contributed by atoms with Gasteiger partial charge in [0.25, 0.3) is 0 Å². The average Bonchev–Trinajstić information content (AvgIpc) is 2.67. The van der Waals surface area contributed by atoms with Crippen LogP contribution in [0, 0.1) is 0 Å². The van der Waals surface area contributed by atoms with Crippen LogP contribution < -0.4 is 4.90 Å². The highest BCUT2D eigenvalue weighted by atomic mass is 16.6. The molecule has 0 spiro atoms. The molecule has 1 amide bonds. The smallest absolute Gasteiger partial charge is 0.410 e. The Morgan fingerprint density at radius 1 is 1.20 bits per heavy atom. The van der Waals surface area contributed by atoms with Crippen LogP contribution in [0.4, 0.5) is 10.6 Å². The van der Waals surface area contributed by atoms with E-state index in [4.69, 9.17) is 4.74 Å². The summed E-state index contributed by atoms with van der Waals surface area (Å²) in [5.41, 5.74) is 2.09. The molecule has 5 heteroatoms. The second kappa shape index (κ2) is 8.01. The van der Waals surface area contributed by atoms with Gasteiger partial charge in [-0.05, 0) is 30.9 Å². The molecule has 2 heterocycles. The summed E-state index contributed by atoms with van der Waals surface area (Å²) in [4.78, 5) is 21.0. The van der Waals surface area contributed by atoms with Gasteiger partial charge < -0.3 is 14.5 Å². The molecule has 1 saturated heterocycles. The number of pyridine rings is 1. The predicted octanol–water partition coefficient (Wildman–Crippen LogP) is 4.01. The lowest BCUT2D eigenvalue weighted by molar-refractivity contribution is 0.0679. The second-order valence-electron chi connectivity index (χ2n) is 6.56. The molecule has 0 bridgehead atoms. The number of anilines is 1. The highest BCUT2D eigenvalue weighted by Gasteiger charge is 2.31. The number of aromatic nitrogens is 1. The molecule has 1 aromatic heterocycles. The van der Waals surface area contributed by atoms with Crippen molar-refractivity contribution in [2.24, 2.45) is 0 Å². The number of benzene rings is 1. The summed E-state index contributed by atoms with van der Waals surface area (Å²) in [6.07, 6.45) is 4.60. The van der Waals surface area contributed by atoms with Crippen molar-refractivity contribution in [3.05, 3.63) is 59.8 Å². The number of carbonyl (C=O) groups excluding carboxylic acids is 1. The fourth-order valence-electron chi connectivity index (χ4n) is 3.32. The molecule has 132 valence electrons. The molecule has 0 radical (unpaired) electrons. The number of hydrogen-bond acceptors (Lipinski definition) is 4. The first-order valence-electron chi connectivity index (χ1n) is 8.76. The standard InChI is InChI=1S/C20H25N3O2/c1-22(2)19-17(11-8-13-21-19)18-12-6-7-14-23(18)20(24)25-15-16-9-4-3-5-10-16/h3-5,8-11,13,18H,6-7,12,14-15H2,1-2H3. The zero-order valence-electron chi connectivity index (χ0n) is 14.9. The number of ether oxygens (including phenoxy) is 1. The van der Waals surface area contributed by atoms with Gasteiger partial charge in [0.05, 0.1) is 6.04 Å². The number of amides is 1. The molecule has 2 aromatic rings. The number of rotatable bonds is 4. The zero-order chi connectivity index (χ0) is 17.6. The van der Waals surface area contributed by atoms with Gasteiger partial charge in [0.15, 0.2) is 0 Å². The molecule has 1 unspecified atom stereocenters. The number of likely N-dealkylation sites (tertiary alicyclic amines) is 1. The molecular formula is C20H25N3O2. The maximum absolute atomic E-state index is 12.7. The van der Waals surface area contributed by atoms with E-state index in [0.717, 1.165) is 42.8 Å². The SMILES string of the molecule is CN(C)c1ncccc1C1CCCCN1C(=O)OCc1ccccc1. The van der Waals surface area contributed by atoms with Crippen molar-refractivity contribution in [3.8, 4) is 0 Å². The van der Waals surface area contributed by atoms with Crippen molar-refractivity contribution in [2.45, 2.75) is 31.9 Å². The van der Waals surface area contributed by atoms with E-state index in [1.807, 2.05) is 60.3 Å². The molecule has 1 aliphatic heterocycles. The second-order valence-corrected chi connectivity index (χ2v) is 6.56. The van der Waals surface area contributed by atoms with Gasteiger partial charge >= 0.3 is 6.09 Å². The van der Waals surface area contributed by atoms with E-state index in [0.29, 0.717) is 6.61 Å². The fraction of sp³-hybridized carbons (Fsp3) is 0.400. The van der Waals surface area contributed by atoms with Gasteiger partial charge in [-0.25, -0.2) is 9.78 Å². The van der Waals surface area contributed by atoms with Gasteiger partial charge in [-0.15, -0.1) is 0 Å².